The smallest absolute Gasteiger partial charge is 0.268 e. The monoisotopic (exact) mass is 304 g/mol. The molecule has 0 spiro atoms. The average molecular weight is 304 g/mol. The highest BCUT2D eigenvalue weighted by atomic mass is 32.2. The van der Waals surface area contributed by atoms with Gasteiger partial charge in [-0.15, -0.1) is 0 Å². The van der Waals surface area contributed by atoms with Crippen LogP contribution in [0.5, 0.6) is 0 Å². The average Bonchev–Trinajstić information content (AvgIpc) is 2.81. The van der Waals surface area contributed by atoms with Crippen molar-refractivity contribution in [3.8, 4) is 0 Å². The SMILES string of the molecule is COC1C(=O)c2cccnc2N1S(=O)(=O)c1ccccc1. The van der Waals surface area contributed by atoms with E-state index in [-0.39, 0.29) is 16.3 Å². The number of methoxy groups -OCH3 is 1. The third kappa shape index (κ3) is 2.01. The Labute approximate surface area is 122 Å². The number of nitrogens with zero attached hydrogens (tertiary/aromatic N) is 2. The molecule has 1 aliphatic heterocycles. The second-order valence-electron chi connectivity index (χ2n) is 4.44. The van der Waals surface area contributed by atoms with E-state index in [1.807, 2.05) is 0 Å². The molecule has 1 atom stereocenters. The van der Waals surface area contributed by atoms with Crippen LogP contribution >= 0.6 is 0 Å². The Bertz CT molecular complexity index is 790. The minimum absolute atomic E-state index is 0.0818. The van der Waals surface area contributed by atoms with Crippen molar-refractivity contribution in [2.75, 3.05) is 11.4 Å². The molecule has 1 aromatic heterocycles. The van der Waals surface area contributed by atoms with Crippen molar-refractivity contribution in [1.29, 1.82) is 0 Å². The molecule has 0 amide bonds. The summed E-state index contributed by atoms with van der Waals surface area (Å²) in [5.41, 5.74) is 0.240. The summed E-state index contributed by atoms with van der Waals surface area (Å²) in [5.74, 6) is -0.321. The first-order valence-electron chi connectivity index (χ1n) is 6.19. The normalized spacial score (nSPS) is 17.9. The maximum absolute atomic E-state index is 12.8. The van der Waals surface area contributed by atoms with Crippen molar-refractivity contribution in [3.63, 3.8) is 0 Å². The van der Waals surface area contributed by atoms with Gasteiger partial charge < -0.3 is 4.74 Å². The molecule has 0 bridgehead atoms. The van der Waals surface area contributed by atoms with Gasteiger partial charge in [-0.3, -0.25) is 4.79 Å². The molecule has 0 saturated carbocycles. The van der Waals surface area contributed by atoms with Crippen LogP contribution in [0.1, 0.15) is 10.4 Å². The van der Waals surface area contributed by atoms with Crippen molar-refractivity contribution in [2.45, 2.75) is 11.1 Å². The number of Topliss-reactive ketones (excluding diaryl/α,β-unsaturated/α-hetero) is 1. The second-order valence-corrected chi connectivity index (χ2v) is 6.26. The number of hydrogen-bond donors (Lipinski definition) is 0. The molecular formula is C14H12N2O4S. The molecule has 0 aliphatic carbocycles. The van der Waals surface area contributed by atoms with Crippen LogP contribution in [0.15, 0.2) is 53.6 Å². The fourth-order valence-corrected chi connectivity index (χ4v) is 3.80. The lowest BCUT2D eigenvalue weighted by Gasteiger charge is -2.23. The van der Waals surface area contributed by atoms with Crippen molar-refractivity contribution < 1.29 is 17.9 Å². The number of fused-ring (bicyclic) bond motifs is 1. The number of pyridine rings is 1. The van der Waals surface area contributed by atoms with Gasteiger partial charge in [-0.05, 0) is 24.3 Å². The highest BCUT2D eigenvalue weighted by molar-refractivity contribution is 7.93. The van der Waals surface area contributed by atoms with Gasteiger partial charge in [0.05, 0.1) is 10.5 Å². The number of sulfonamides is 1. The van der Waals surface area contributed by atoms with Crippen molar-refractivity contribution in [1.82, 2.24) is 4.98 Å². The summed E-state index contributed by atoms with van der Waals surface area (Å²) in [6.07, 6.45) is 0.220. The molecule has 21 heavy (non-hydrogen) atoms. The van der Waals surface area contributed by atoms with E-state index in [1.165, 1.54) is 31.5 Å². The number of anilines is 1. The number of rotatable bonds is 3. The van der Waals surface area contributed by atoms with Crippen molar-refractivity contribution in [3.05, 3.63) is 54.2 Å². The Morgan fingerprint density at radius 1 is 1.14 bits per heavy atom. The predicted octanol–water partition coefficient (Wildman–Crippen LogP) is 1.45. The molecule has 2 aromatic rings. The van der Waals surface area contributed by atoms with E-state index in [1.54, 1.807) is 24.3 Å². The summed E-state index contributed by atoms with van der Waals surface area (Å²) in [5, 5.41) is 0. The Hall–Kier alpha value is -2.25. The Morgan fingerprint density at radius 3 is 2.52 bits per heavy atom. The van der Waals surface area contributed by atoms with Crippen molar-refractivity contribution >= 4 is 21.6 Å². The molecule has 1 aliphatic rings. The van der Waals surface area contributed by atoms with Gasteiger partial charge in [0.2, 0.25) is 12.0 Å². The fraction of sp³-hybridized carbons (Fsp3) is 0.143. The number of ketones is 1. The molecule has 6 nitrogen and oxygen atoms in total. The van der Waals surface area contributed by atoms with Crippen LogP contribution in [-0.4, -0.2) is 32.5 Å². The van der Waals surface area contributed by atoms with E-state index in [0.29, 0.717) is 0 Å². The molecular weight excluding hydrogens is 292 g/mol. The van der Waals surface area contributed by atoms with E-state index in [9.17, 15) is 13.2 Å². The molecule has 1 aromatic carbocycles. The van der Waals surface area contributed by atoms with Gasteiger partial charge in [0, 0.05) is 13.3 Å². The zero-order chi connectivity index (χ0) is 15.0. The van der Waals surface area contributed by atoms with Gasteiger partial charge >= 0.3 is 0 Å². The topological polar surface area (TPSA) is 76.6 Å². The first kappa shape index (κ1) is 13.7. The number of benzene rings is 1. The molecule has 1 unspecified atom stereocenters. The van der Waals surface area contributed by atoms with Gasteiger partial charge in [0.15, 0.2) is 5.82 Å². The molecule has 2 heterocycles. The van der Waals surface area contributed by atoms with E-state index in [0.717, 1.165) is 4.31 Å². The van der Waals surface area contributed by atoms with Crippen molar-refractivity contribution in [2.24, 2.45) is 0 Å². The number of hydrogen-bond acceptors (Lipinski definition) is 5. The molecule has 0 saturated heterocycles. The summed E-state index contributed by atoms with van der Waals surface area (Å²) in [6, 6.07) is 11.0. The first-order valence-corrected chi connectivity index (χ1v) is 7.63. The summed E-state index contributed by atoms with van der Waals surface area (Å²) in [6.45, 7) is 0. The summed E-state index contributed by atoms with van der Waals surface area (Å²) in [7, 11) is -2.63. The van der Waals surface area contributed by atoms with Gasteiger partial charge in [-0.2, -0.15) is 0 Å². The van der Waals surface area contributed by atoms with E-state index >= 15 is 0 Å². The van der Waals surface area contributed by atoms with E-state index < -0.39 is 22.0 Å². The molecule has 0 N–H and O–H groups in total. The van der Waals surface area contributed by atoms with Crippen LogP contribution in [-0.2, 0) is 14.8 Å². The Kier molecular flexibility index (Phi) is 3.23. The maximum Gasteiger partial charge on any atom is 0.268 e. The van der Waals surface area contributed by atoms with E-state index in [2.05, 4.69) is 4.98 Å². The largest absolute Gasteiger partial charge is 0.353 e. The maximum atomic E-state index is 12.8. The van der Waals surface area contributed by atoms with Crippen LogP contribution in [0, 0.1) is 0 Å². The Balaban J connectivity index is 2.19. The third-order valence-electron chi connectivity index (χ3n) is 3.22. The van der Waals surface area contributed by atoms with Crippen LogP contribution in [0.4, 0.5) is 5.82 Å². The number of carbonyl (C=O) groups excluding carboxylic acids is 1. The highest BCUT2D eigenvalue weighted by Crippen LogP contribution is 2.34. The standard InChI is InChI=1S/C14H12N2O4S/c1-20-14-12(17)11-8-5-9-15-13(11)16(14)21(18,19)10-6-3-2-4-7-10/h2-9,14H,1H3. The molecule has 7 heteroatoms. The number of aromatic nitrogens is 1. The van der Waals surface area contributed by atoms with Crippen LogP contribution in [0.3, 0.4) is 0 Å². The number of carbonyl (C=O) groups is 1. The van der Waals surface area contributed by atoms with Crippen LogP contribution in [0.25, 0.3) is 0 Å². The Morgan fingerprint density at radius 2 is 1.86 bits per heavy atom. The molecule has 0 radical (unpaired) electrons. The van der Waals surface area contributed by atoms with Gasteiger partial charge in [0.1, 0.15) is 0 Å². The number of ether oxygens (including phenoxy) is 1. The van der Waals surface area contributed by atoms with Crippen LogP contribution in [0.2, 0.25) is 0 Å². The predicted molar refractivity (Wildman–Crippen MR) is 75.5 cm³/mol. The lowest BCUT2D eigenvalue weighted by molar-refractivity contribution is 0.0668. The van der Waals surface area contributed by atoms with Gasteiger partial charge in [-0.1, -0.05) is 18.2 Å². The van der Waals surface area contributed by atoms with Gasteiger partial charge in [0.25, 0.3) is 10.0 Å². The lowest BCUT2D eigenvalue weighted by atomic mass is 10.2. The van der Waals surface area contributed by atoms with Gasteiger partial charge in [-0.25, -0.2) is 17.7 Å². The highest BCUT2D eigenvalue weighted by Gasteiger charge is 2.45. The lowest BCUT2D eigenvalue weighted by Crippen LogP contribution is -2.41. The second kappa shape index (κ2) is 4.94. The summed E-state index contributed by atoms with van der Waals surface area (Å²) < 4.78 is 31.5. The van der Waals surface area contributed by atoms with E-state index in [4.69, 9.17) is 4.74 Å². The van der Waals surface area contributed by atoms with Crippen LogP contribution < -0.4 is 4.31 Å². The minimum Gasteiger partial charge on any atom is -0.353 e. The quantitative estimate of drug-likeness (QED) is 0.857. The molecule has 108 valence electrons. The minimum atomic E-state index is -3.92. The summed E-state index contributed by atoms with van der Waals surface area (Å²) in [4.78, 5) is 16.4. The summed E-state index contributed by atoms with van der Waals surface area (Å²) >= 11 is 0. The zero-order valence-electron chi connectivity index (χ0n) is 11.1. The zero-order valence-corrected chi connectivity index (χ0v) is 11.9. The fourth-order valence-electron chi connectivity index (χ4n) is 2.26. The molecule has 0 fully saturated rings. The first-order chi connectivity index (χ1) is 10.1. The molecule has 3 rings (SSSR count). The third-order valence-corrected chi connectivity index (χ3v) is 4.97.